The van der Waals surface area contributed by atoms with Crippen molar-refractivity contribution in [2.75, 3.05) is 6.61 Å². The van der Waals surface area contributed by atoms with Crippen molar-refractivity contribution in [3.05, 3.63) is 94.8 Å². The number of carbonyl (C=O) groups excluding carboxylic acids is 2. The van der Waals surface area contributed by atoms with Crippen LogP contribution in [0.15, 0.2) is 66.7 Å². The number of aryl methyl sites for hydroxylation is 1. The Hall–Kier alpha value is -3.54. The molecule has 1 heterocycles. The van der Waals surface area contributed by atoms with Crippen LogP contribution in [-0.2, 0) is 16.1 Å². The van der Waals surface area contributed by atoms with Gasteiger partial charge in [0, 0.05) is 11.9 Å². The van der Waals surface area contributed by atoms with Crippen LogP contribution in [-0.4, -0.2) is 39.2 Å². The van der Waals surface area contributed by atoms with E-state index < -0.39 is 35.6 Å². The van der Waals surface area contributed by atoms with Crippen molar-refractivity contribution in [1.82, 2.24) is 4.90 Å². The van der Waals surface area contributed by atoms with Gasteiger partial charge in [0.1, 0.15) is 38.7 Å². The number of cyclic esters (lactones) is 1. The number of ether oxygens (including phenoxy) is 2. The molecule has 0 bridgehead atoms. The van der Waals surface area contributed by atoms with Gasteiger partial charge in [-0.25, -0.2) is 14.1 Å². The predicted octanol–water partition coefficient (Wildman–Crippen LogP) is 4.29. The van der Waals surface area contributed by atoms with Gasteiger partial charge in [-0.1, -0.05) is 73.1 Å². The lowest BCUT2D eigenvalue weighted by Gasteiger charge is -2.28. The van der Waals surface area contributed by atoms with E-state index in [2.05, 4.69) is 0 Å². The molecule has 4 radical (unpaired) electrons. The molecule has 3 atom stereocenters. The molecule has 3 aromatic rings. The maximum atomic E-state index is 15.1. The second kappa shape index (κ2) is 10.4. The van der Waals surface area contributed by atoms with E-state index in [1.165, 1.54) is 12.1 Å². The summed E-state index contributed by atoms with van der Waals surface area (Å²) >= 11 is 0. The number of hydrogen-bond acceptors (Lipinski definition) is 4. The minimum absolute atomic E-state index is 0.0330. The molecule has 174 valence electrons. The highest BCUT2D eigenvalue weighted by Crippen LogP contribution is 2.36. The molecule has 0 aromatic heterocycles. The molecular formula is C27H24B2FNO4. The second-order valence-electron chi connectivity index (χ2n) is 8.66. The van der Waals surface area contributed by atoms with Crippen LogP contribution >= 0.6 is 0 Å². The zero-order valence-corrected chi connectivity index (χ0v) is 19.6. The standard InChI is InChI=1S/C27H24B2FNO4/c1-16-8-6-7-11-19(16)23-15-35-27(33)31(23)26(32)25(29)17(2)20-12-21(28)24(13-22(20)30)34-14-18-9-4-3-5-10-18/h3-13,17,23,25H,14-15H2,1-2H3/t17-,23-,25+/m0/s1. The van der Waals surface area contributed by atoms with E-state index in [4.69, 9.17) is 25.2 Å². The van der Waals surface area contributed by atoms with Crippen molar-refractivity contribution >= 4 is 33.2 Å². The first-order valence-corrected chi connectivity index (χ1v) is 11.3. The molecule has 0 N–H and O–H groups in total. The van der Waals surface area contributed by atoms with E-state index in [-0.39, 0.29) is 30.0 Å². The molecule has 1 fully saturated rings. The molecule has 8 heteroatoms. The molecule has 0 spiro atoms. The number of benzene rings is 3. The van der Waals surface area contributed by atoms with Crippen LogP contribution < -0.4 is 10.2 Å². The van der Waals surface area contributed by atoms with Crippen LogP contribution in [0.4, 0.5) is 9.18 Å². The van der Waals surface area contributed by atoms with Gasteiger partial charge in [-0.05, 0) is 35.1 Å². The van der Waals surface area contributed by atoms with E-state index in [1.54, 1.807) is 6.92 Å². The van der Waals surface area contributed by atoms with Crippen LogP contribution in [0.3, 0.4) is 0 Å². The van der Waals surface area contributed by atoms with E-state index >= 15 is 4.39 Å². The fraction of sp³-hybridized carbons (Fsp3) is 0.259. The highest BCUT2D eigenvalue weighted by atomic mass is 19.1. The molecule has 1 aliphatic rings. The van der Waals surface area contributed by atoms with Gasteiger partial charge in [0.15, 0.2) is 0 Å². The maximum Gasteiger partial charge on any atom is 0.417 e. The molecule has 1 saturated heterocycles. The zero-order chi connectivity index (χ0) is 25.1. The summed E-state index contributed by atoms with van der Waals surface area (Å²) in [6.07, 6.45) is -0.768. The number of nitrogens with zero attached hydrogens (tertiary/aromatic N) is 1. The Morgan fingerprint density at radius 3 is 2.57 bits per heavy atom. The Balaban J connectivity index is 1.52. The lowest BCUT2D eigenvalue weighted by Crippen LogP contribution is -2.38. The maximum absolute atomic E-state index is 15.1. The van der Waals surface area contributed by atoms with Crippen LogP contribution in [0.5, 0.6) is 5.75 Å². The van der Waals surface area contributed by atoms with Crippen molar-refractivity contribution in [2.24, 2.45) is 0 Å². The molecule has 4 rings (SSSR count). The summed E-state index contributed by atoms with van der Waals surface area (Å²) in [6.45, 7) is 3.78. The molecule has 5 nitrogen and oxygen atoms in total. The van der Waals surface area contributed by atoms with Crippen molar-refractivity contribution in [3.63, 3.8) is 0 Å². The van der Waals surface area contributed by atoms with Gasteiger partial charge in [0.05, 0.1) is 7.85 Å². The third kappa shape index (κ3) is 5.11. The number of hydrogen-bond donors (Lipinski definition) is 0. The minimum Gasteiger partial charge on any atom is -0.489 e. The van der Waals surface area contributed by atoms with Gasteiger partial charge < -0.3 is 9.47 Å². The topological polar surface area (TPSA) is 55.8 Å². The van der Waals surface area contributed by atoms with E-state index in [0.29, 0.717) is 0 Å². The van der Waals surface area contributed by atoms with Gasteiger partial charge in [-0.15, -0.1) is 0 Å². The smallest absolute Gasteiger partial charge is 0.417 e. The number of carbonyl (C=O) groups is 2. The van der Waals surface area contributed by atoms with E-state index in [1.807, 2.05) is 61.5 Å². The molecule has 0 aliphatic carbocycles. The quantitative estimate of drug-likeness (QED) is 0.487. The summed E-state index contributed by atoms with van der Waals surface area (Å²) in [5, 5.41) is 0. The average molecular weight is 467 g/mol. The van der Waals surface area contributed by atoms with Crippen LogP contribution in [0, 0.1) is 12.7 Å². The highest BCUT2D eigenvalue weighted by Gasteiger charge is 2.42. The Bertz CT molecular complexity index is 1240. The lowest BCUT2D eigenvalue weighted by atomic mass is 9.72. The molecule has 2 amide bonds. The van der Waals surface area contributed by atoms with Crippen LogP contribution in [0.2, 0.25) is 5.82 Å². The fourth-order valence-electron chi connectivity index (χ4n) is 4.22. The van der Waals surface area contributed by atoms with Gasteiger partial charge in [-0.2, -0.15) is 0 Å². The molecule has 35 heavy (non-hydrogen) atoms. The van der Waals surface area contributed by atoms with Crippen LogP contribution in [0.1, 0.15) is 41.1 Å². The minimum atomic E-state index is -1.20. The Morgan fingerprint density at radius 2 is 1.86 bits per heavy atom. The fourth-order valence-corrected chi connectivity index (χ4v) is 4.22. The molecule has 3 aromatic carbocycles. The van der Waals surface area contributed by atoms with E-state index in [9.17, 15) is 9.59 Å². The summed E-state index contributed by atoms with van der Waals surface area (Å²) in [4.78, 5) is 26.8. The third-order valence-corrected chi connectivity index (χ3v) is 6.34. The Morgan fingerprint density at radius 1 is 1.17 bits per heavy atom. The molecule has 0 saturated carbocycles. The Kier molecular flexibility index (Phi) is 7.29. The third-order valence-electron chi connectivity index (χ3n) is 6.34. The molecular weight excluding hydrogens is 443 g/mol. The lowest BCUT2D eigenvalue weighted by molar-refractivity contribution is -0.129. The first kappa shape index (κ1) is 24.6. The van der Waals surface area contributed by atoms with Gasteiger partial charge in [-0.3, -0.25) is 4.79 Å². The largest absolute Gasteiger partial charge is 0.489 e. The molecule has 0 unspecified atom stereocenters. The number of rotatable bonds is 7. The SMILES string of the molecule is [B]c1cc([C@H](C)[C@@H]([B])C(=O)N2C(=O)OC[C@H]2c2ccccc2C)c(F)cc1OCc1ccccc1. The first-order valence-electron chi connectivity index (χ1n) is 11.3. The van der Waals surface area contributed by atoms with E-state index in [0.717, 1.165) is 21.6 Å². The normalized spacial score (nSPS) is 17.1. The number of halogens is 1. The zero-order valence-electron chi connectivity index (χ0n) is 19.6. The first-order chi connectivity index (χ1) is 16.8. The van der Waals surface area contributed by atoms with Crippen molar-refractivity contribution in [1.29, 1.82) is 0 Å². The summed E-state index contributed by atoms with van der Waals surface area (Å²) in [5.74, 6) is -3.01. The average Bonchev–Trinajstić information content (AvgIpc) is 3.24. The summed E-state index contributed by atoms with van der Waals surface area (Å²) in [7, 11) is 12.4. The van der Waals surface area contributed by atoms with Gasteiger partial charge in [0.25, 0.3) is 0 Å². The number of imide groups is 1. The van der Waals surface area contributed by atoms with Crippen LogP contribution in [0.25, 0.3) is 0 Å². The van der Waals surface area contributed by atoms with Crippen molar-refractivity contribution < 1.29 is 23.5 Å². The summed E-state index contributed by atoms with van der Waals surface area (Å²) in [5.41, 5.74) is 3.01. The summed E-state index contributed by atoms with van der Waals surface area (Å²) in [6, 6.07) is 18.9. The van der Waals surface area contributed by atoms with Crippen molar-refractivity contribution in [3.8, 4) is 5.75 Å². The van der Waals surface area contributed by atoms with Gasteiger partial charge >= 0.3 is 6.09 Å². The molecule has 1 aliphatic heterocycles. The second-order valence-corrected chi connectivity index (χ2v) is 8.66. The predicted molar refractivity (Wildman–Crippen MR) is 133 cm³/mol. The highest BCUT2D eigenvalue weighted by molar-refractivity contribution is 6.34. The van der Waals surface area contributed by atoms with Gasteiger partial charge in [0.2, 0.25) is 5.91 Å². The Labute approximate surface area is 207 Å². The monoisotopic (exact) mass is 467 g/mol. The summed E-state index contributed by atoms with van der Waals surface area (Å²) < 4.78 is 25.9. The number of amides is 2. The van der Waals surface area contributed by atoms with Crippen molar-refractivity contribution in [2.45, 2.75) is 38.2 Å².